The summed E-state index contributed by atoms with van der Waals surface area (Å²) in [6, 6.07) is 15.9. The second kappa shape index (κ2) is 8.36. The number of halogens is 1. The van der Waals surface area contributed by atoms with Crippen molar-refractivity contribution in [3.8, 4) is 5.75 Å². The zero-order valence-corrected chi connectivity index (χ0v) is 15.8. The molecule has 2 aromatic carbocycles. The number of anilines is 1. The largest absolute Gasteiger partial charge is 0.495 e. The summed E-state index contributed by atoms with van der Waals surface area (Å²) in [5.41, 5.74) is 1.98. The molecule has 0 radical (unpaired) electrons. The lowest BCUT2D eigenvalue weighted by Gasteiger charge is -2.34. The van der Waals surface area contributed by atoms with Gasteiger partial charge in [0.2, 0.25) is 0 Å². The maximum atomic E-state index is 12.5. The average molecular weight is 404 g/mol. The van der Waals surface area contributed by atoms with Crippen molar-refractivity contribution < 1.29 is 9.53 Å². The maximum Gasteiger partial charge on any atom is 0.322 e. The van der Waals surface area contributed by atoms with Gasteiger partial charge in [0.05, 0.1) is 12.8 Å². The van der Waals surface area contributed by atoms with Crippen molar-refractivity contribution in [2.45, 2.75) is 6.54 Å². The third kappa shape index (κ3) is 4.74. The van der Waals surface area contributed by atoms with Crippen molar-refractivity contribution in [3.05, 3.63) is 58.6 Å². The number of hydrogen-bond acceptors (Lipinski definition) is 3. The Morgan fingerprint density at radius 3 is 2.52 bits per heavy atom. The second-order valence-corrected chi connectivity index (χ2v) is 6.94. The van der Waals surface area contributed by atoms with Gasteiger partial charge in [-0.2, -0.15) is 0 Å². The number of urea groups is 1. The Morgan fingerprint density at radius 1 is 1.12 bits per heavy atom. The number of carbonyl (C=O) groups excluding carboxylic acids is 1. The Morgan fingerprint density at radius 2 is 1.84 bits per heavy atom. The SMILES string of the molecule is COc1ccc(Br)cc1NC(=O)N1CCN(Cc2ccccc2)CC1. The van der Waals surface area contributed by atoms with Crippen molar-refractivity contribution in [2.75, 3.05) is 38.6 Å². The number of methoxy groups -OCH3 is 1. The lowest BCUT2D eigenvalue weighted by molar-refractivity contribution is 0.143. The minimum atomic E-state index is -0.0873. The van der Waals surface area contributed by atoms with Crippen LogP contribution < -0.4 is 10.1 Å². The molecule has 3 rings (SSSR count). The molecule has 0 spiro atoms. The van der Waals surface area contributed by atoms with Gasteiger partial charge in [-0.15, -0.1) is 0 Å². The zero-order chi connectivity index (χ0) is 17.6. The molecule has 1 aliphatic heterocycles. The highest BCUT2D eigenvalue weighted by Gasteiger charge is 2.22. The van der Waals surface area contributed by atoms with E-state index in [1.54, 1.807) is 7.11 Å². The third-order valence-corrected chi connectivity index (χ3v) is 4.80. The predicted octanol–water partition coefficient (Wildman–Crippen LogP) is 3.81. The normalized spacial score (nSPS) is 15.0. The monoisotopic (exact) mass is 403 g/mol. The van der Waals surface area contributed by atoms with Crippen molar-refractivity contribution in [2.24, 2.45) is 0 Å². The number of hydrogen-bond donors (Lipinski definition) is 1. The second-order valence-electron chi connectivity index (χ2n) is 6.02. The highest BCUT2D eigenvalue weighted by atomic mass is 79.9. The summed E-state index contributed by atoms with van der Waals surface area (Å²) in [4.78, 5) is 16.8. The Hall–Kier alpha value is -2.05. The quantitative estimate of drug-likeness (QED) is 0.843. The van der Waals surface area contributed by atoms with Crippen LogP contribution in [0.1, 0.15) is 5.56 Å². The highest BCUT2D eigenvalue weighted by molar-refractivity contribution is 9.10. The lowest BCUT2D eigenvalue weighted by Crippen LogP contribution is -2.49. The summed E-state index contributed by atoms with van der Waals surface area (Å²) >= 11 is 3.42. The molecule has 0 unspecified atom stereocenters. The van der Waals surface area contributed by atoms with Crippen LogP contribution in [0.5, 0.6) is 5.75 Å². The minimum absolute atomic E-state index is 0.0873. The number of piperazine rings is 1. The number of nitrogens with one attached hydrogen (secondary N) is 1. The fourth-order valence-corrected chi connectivity index (χ4v) is 3.28. The molecule has 1 heterocycles. The molecular weight excluding hydrogens is 382 g/mol. The molecule has 0 saturated carbocycles. The summed E-state index contributed by atoms with van der Waals surface area (Å²) in [7, 11) is 1.60. The van der Waals surface area contributed by atoms with Crippen LogP contribution in [-0.2, 0) is 6.54 Å². The van der Waals surface area contributed by atoms with Crippen molar-refractivity contribution >= 4 is 27.6 Å². The van der Waals surface area contributed by atoms with E-state index in [-0.39, 0.29) is 6.03 Å². The van der Waals surface area contributed by atoms with Crippen LogP contribution in [0.3, 0.4) is 0 Å². The Kier molecular flexibility index (Phi) is 5.94. The van der Waals surface area contributed by atoms with Crippen LogP contribution in [0.4, 0.5) is 10.5 Å². The summed E-state index contributed by atoms with van der Waals surface area (Å²) in [6.07, 6.45) is 0. The van der Waals surface area contributed by atoms with E-state index in [2.05, 4.69) is 50.4 Å². The van der Waals surface area contributed by atoms with Gasteiger partial charge >= 0.3 is 6.03 Å². The maximum absolute atomic E-state index is 12.5. The summed E-state index contributed by atoms with van der Waals surface area (Å²) < 4.78 is 6.21. The predicted molar refractivity (Wildman–Crippen MR) is 103 cm³/mol. The van der Waals surface area contributed by atoms with E-state index in [0.717, 1.165) is 37.2 Å². The van der Waals surface area contributed by atoms with E-state index in [1.165, 1.54) is 5.56 Å². The van der Waals surface area contributed by atoms with E-state index < -0.39 is 0 Å². The van der Waals surface area contributed by atoms with Crippen LogP contribution in [0.15, 0.2) is 53.0 Å². The Balaban J connectivity index is 1.54. The van der Waals surface area contributed by atoms with Crippen LogP contribution in [0, 0.1) is 0 Å². The molecule has 2 aromatic rings. The van der Waals surface area contributed by atoms with Gasteiger partial charge in [0.1, 0.15) is 5.75 Å². The van der Waals surface area contributed by atoms with Crippen LogP contribution in [-0.4, -0.2) is 49.1 Å². The van der Waals surface area contributed by atoms with Gasteiger partial charge in [-0.3, -0.25) is 4.90 Å². The number of amides is 2. The van der Waals surface area contributed by atoms with E-state index in [1.807, 2.05) is 29.2 Å². The van der Waals surface area contributed by atoms with Gasteiger partial charge in [-0.25, -0.2) is 4.79 Å². The number of carbonyl (C=O) groups is 1. The topological polar surface area (TPSA) is 44.8 Å². The summed E-state index contributed by atoms with van der Waals surface area (Å²) in [5.74, 6) is 0.652. The molecule has 0 bridgehead atoms. The standard InChI is InChI=1S/C19H22BrN3O2/c1-25-18-8-7-16(20)13-17(18)21-19(24)23-11-9-22(10-12-23)14-15-5-3-2-4-6-15/h2-8,13H,9-12,14H2,1H3,(H,21,24). The van der Waals surface area contributed by atoms with Gasteiger partial charge < -0.3 is 15.0 Å². The molecule has 6 heteroatoms. The van der Waals surface area contributed by atoms with E-state index in [4.69, 9.17) is 4.74 Å². The molecule has 2 amide bonds. The van der Waals surface area contributed by atoms with E-state index in [9.17, 15) is 4.79 Å². The van der Waals surface area contributed by atoms with Crippen LogP contribution in [0.2, 0.25) is 0 Å². The first-order valence-electron chi connectivity index (χ1n) is 8.31. The molecule has 1 aliphatic rings. The summed E-state index contributed by atoms with van der Waals surface area (Å²) in [5, 5.41) is 2.95. The number of rotatable bonds is 4. The molecule has 1 fully saturated rings. The first-order chi connectivity index (χ1) is 12.2. The first kappa shape index (κ1) is 17.8. The smallest absolute Gasteiger partial charge is 0.322 e. The first-order valence-corrected chi connectivity index (χ1v) is 9.11. The molecule has 0 atom stereocenters. The molecule has 0 aromatic heterocycles. The van der Waals surface area contributed by atoms with Gasteiger partial charge in [0.15, 0.2) is 0 Å². The van der Waals surface area contributed by atoms with Gasteiger partial charge in [0, 0.05) is 37.2 Å². The lowest BCUT2D eigenvalue weighted by atomic mass is 10.2. The Bertz CT molecular complexity index is 716. The van der Waals surface area contributed by atoms with Crippen molar-refractivity contribution in [3.63, 3.8) is 0 Å². The fraction of sp³-hybridized carbons (Fsp3) is 0.316. The molecule has 0 aliphatic carbocycles. The molecule has 132 valence electrons. The number of benzene rings is 2. The third-order valence-electron chi connectivity index (χ3n) is 4.31. The number of nitrogens with zero attached hydrogens (tertiary/aromatic N) is 2. The minimum Gasteiger partial charge on any atom is -0.495 e. The summed E-state index contributed by atoms with van der Waals surface area (Å²) in [6.45, 7) is 4.11. The zero-order valence-electron chi connectivity index (χ0n) is 14.2. The highest BCUT2D eigenvalue weighted by Crippen LogP contribution is 2.28. The molecule has 5 nitrogen and oxygen atoms in total. The average Bonchev–Trinajstić information content (AvgIpc) is 2.63. The van der Waals surface area contributed by atoms with E-state index in [0.29, 0.717) is 11.4 Å². The molecule has 1 saturated heterocycles. The van der Waals surface area contributed by atoms with Crippen LogP contribution >= 0.6 is 15.9 Å². The molecule has 25 heavy (non-hydrogen) atoms. The van der Waals surface area contributed by atoms with Crippen molar-refractivity contribution in [1.82, 2.24) is 9.80 Å². The van der Waals surface area contributed by atoms with Crippen LogP contribution in [0.25, 0.3) is 0 Å². The van der Waals surface area contributed by atoms with Gasteiger partial charge in [-0.05, 0) is 23.8 Å². The van der Waals surface area contributed by atoms with Gasteiger partial charge in [0.25, 0.3) is 0 Å². The molecule has 1 N–H and O–H groups in total. The molecular formula is C19H22BrN3O2. The number of ether oxygens (including phenoxy) is 1. The van der Waals surface area contributed by atoms with Crippen molar-refractivity contribution in [1.29, 1.82) is 0 Å². The van der Waals surface area contributed by atoms with E-state index >= 15 is 0 Å². The fourth-order valence-electron chi connectivity index (χ4n) is 2.92. The van der Waals surface area contributed by atoms with Gasteiger partial charge in [-0.1, -0.05) is 46.3 Å². The Labute approximate surface area is 156 Å².